The lowest BCUT2D eigenvalue weighted by Crippen LogP contribution is -2.46. The van der Waals surface area contributed by atoms with E-state index in [-0.39, 0.29) is 0 Å². The SMILES string of the molecule is CC1CCCN(CC(C)NC2CCOC2)C1. The van der Waals surface area contributed by atoms with Gasteiger partial charge in [-0.2, -0.15) is 0 Å². The van der Waals surface area contributed by atoms with Crippen LogP contribution < -0.4 is 5.32 Å². The summed E-state index contributed by atoms with van der Waals surface area (Å²) in [7, 11) is 0. The second-order valence-electron chi connectivity index (χ2n) is 5.64. The van der Waals surface area contributed by atoms with Gasteiger partial charge in [0.15, 0.2) is 0 Å². The number of piperidine rings is 1. The Bertz CT molecular complexity index is 204. The predicted octanol–water partition coefficient (Wildman–Crippen LogP) is 1.49. The molecule has 3 atom stereocenters. The van der Waals surface area contributed by atoms with Crippen LogP contribution in [-0.2, 0) is 4.74 Å². The number of hydrogen-bond acceptors (Lipinski definition) is 3. The predicted molar refractivity (Wildman–Crippen MR) is 66.7 cm³/mol. The van der Waals surface area contributed by atoms with E-state index in [9.17, 15) is 0 Å². The van der Waals surface area contributed by atoms with Crippen LogP contribution in [0.4, 0.5) is 0 Å². The van der Waals surface area contributed by atoms with Crippen LogP contribution in [0.1, 0.15) is 33.1 Å². The van der Waals surface area contributed by atoms with Gasteiger partial charge < -0.3 is 15.0 Å². The van der Waals surface area contributed by atoms with Crippen LogP contribution in [0.2, 0.25) is 0 Å². The highest BCUT2D eigenvalue weighted by molar-refractivity contribution is 4.79. The zero-order valence-corrected chi connectivity index (χ0v) is 10.7. The van der Waals surface area contributed by atoms with E-state index in [1.807, 2.05) is 0 Å². The molecule has 0 radical (unpaired) electrons. The number of ether oxygens (including phenoxy) is 1. The van der Waals surface area contributed by atoms with E-state index in [0.29, 0.717) is 12.1 Å². The minimum Gasteiger partial charge on any atom is -0.380 e. The molecule has 3 nitrogen and oxygen atoms in total. The molecule has 0 bridgehead atoms. The fourth-order valence-electron chi connectivity index (χ4n) is 2.96. The molecular weight excluding hydrogens is 200 g/mol. The summed E-state index contributed by atoms with van der Waals surface area (Å²) >= 11 is 0. The first-order valence-electron chi connectivity index (χ1n) is 6.80. The maximum absolute atomic E-state index is 5.39. The maximum Gasteiger partial charge on any atom is 0.0620 e. The third kappa shape index (κ3) is 3.72. The van der Waals surface area contributed by atoms with Gasteiger partial charge in [0.1, 0.15) is 0 Å². The first-order chi connectivity index (χ1) is 7.74. The van der Waals surface area contributed by atoms with Crippen molar-refractivity contribution in [2.45, 2.75) is 45.2 Å². The van der Waals surface area contributed by atoms with Gasteiger partial charge in [0.25, 0.3) is 0 Å². The Hall–Kier alpha value is -0.120. The van der Waals surface area contributed by atoms with Gasteiger partial charge in [0.2, 0.25) is 0 Å². The summed E-state index contributed by atoms with van der Waals surface area (Å²) in [6, 6.07) is 1.19. The normalized spacial score (nSPS) is 34.1. The largest absolute Gasteiger partial charge is 0.380 e. The summed E-state index contributed by atoms with van der Waals surface area (Å²) in [6.45, 7) is 10.3. The van der Waals surface area contributed by atoms with E-state index in [1.165, 1.54) is 38.9 Å². The first-order valence-corrected chi connectivity index (χ1v) is 6.80. The van der Waals surface area contributed by atoms with Crippen LogP contribution in [0.3, 0.4) is 0 Å². The average Bonchev–Trinajstić information content (AvgIpc) is 2.70. The topological polar surface area (TPSA) is 24.5 Å². The van der Waals surface area contributed by atoms with Crippen molar-refractivity contribution >= 4 is 0 Å². The Kier molecular flexibility index (Phi) is 4.62. The van der Waals surface area contributed by atoms with E-state index in [0.717, 1.165) is 19.1 Å². The Morgan fingerprint density at radius 1 is 1.44 bits per heavy atom. The summed E-state index contributed by atoms with van der Waals surface area (Å²) < 4.78 is 5.39. The zero-order chi connectivity index (χ0) is 11.4. The third-order valence-electron chi connectivity index (χ3n) is 3.72. The summed E-state index contributed by atoms with van der Waals surface area (Å²) in [5, 5.41) is 3.67. The smallest absolute Gasteiger partial charge is 0.0620 e. The molecule has 0 amide bonds. The molecule has 0 aromatic carbocycles. The molecule has 3 unspecified atom stereocenters. The van der Waals surface area contributed by atoms with Crippen molar-refractivity contribution in [3.8, 4) is 0 Å². The van der Waals surface area contributed by atoms with Gasteiger partial charge in [-0.3, -0.25) is 0 Å². The van der Waals surface area contributed by atoms with Crippen molar-refractivity contribution < 1.29 is 4.74 Å². The average molecular weight is 226 g/mol. The molecule has 94 valence electrons. The number of nitrogens with zero attached hydrogens (tertiary/aromatic N) is 1. The van der Waals surface area contributed by atoms with E-state index < -0.39 is 0 Å². The highest BCUT2D eigenvalue weighted by atomic mass is 16.5. The van der Waals surface area contributed by atoms with E-state index in [4.69, 9.17) is 4.74 Å². The van der Waals surface area contributed by atoms with Crippen molar-refractivity contribution in [2.24, 2.45) is 5.92 Å². The van der Waals surface area contributed by atoms with Gasteiger partial charge in [0.05, 0.1) is 6.61 Å². The lowest BCUT2D eigenvalue weighted by atomic mass is 10.00. The highest BCUT2D eigenvalue weighted by Gasteiger charge is 2.21. The molecule has 0 spiro atoms. The van der Waals surface area contributed by atoms with E-state index in [1.54, 1.807) is 0 Å². The molecule has 0 aromatic rings. The Balaban J connectivity index is 1.67. The molecule has 0 aliphatic carbocycles. The molecule has 1 N–H and O–H groups in total. The molecule has 2 heterocycles. The summed E-state index contributed by atoms with van der Waals surface area (Å²) in [5.41, 5.74) is 0. The van der Waals surface area contributed by atoms with Crippen LogP contribution in [0.15, 0.2) is 0 Å². The molecule has 3 heteroatoms. The zero-order valence-electron chi connectivity index (χ0n) is 10.7. The molecular formula is C13H26N2O. The van der Waals surface area contributed by atoms with Crippen LogP contribution in [0.25, 0.3) is 0 Å². The van der Waals surface area contributed by atoms with Crippen LogP contribution >= 0.6 is 0 Å². The van der Waals surface area contributed by atoms with Gasteiger partial charge in [-0.05, 0) is 38.6 Å². The van der Waals surface area contributed by atoms with Crippen molar-refractivity contribution in [1.29, 1.82) is 0 Å². The molecule has 0 saturated carbocycles. The van der Waals surface area contributed by atoms with E-state index in [2.05, 4.69) is 24.1 Å². The molecule has 2 aliphatic rings. The minimum absolute atomic E-state index is 0.594. The second-order valence-corrected chi connectivity index (χ2v) is 5.64. The second kappa shape index (κ2) is 5.99. The van der Waals surface area contributed by atoms with E-state index >= 15 is 0 Å². The Morgan fingerprint density at radius 3 is 3.00 bits per heavy atom. The fourth-order valence-corrected chi connectivity index (χ4v) is 2.96. The number of likely N-dealkylation sites (tertiary alicyclic amines) is 1. The van der Waals surface area contributed by atoms with Crippen LogP contribution in [-0.4, -0.2) is 49.8 Å². The van der Waals surface area contributed by atoms with Gasteiger partial charge in [-0.15, -0.1) is 0 Å². The van der Waals surface area contributed by atoms with Crippen LogP contribution in [0.5, 0.6) is 0 Å². The summed E-state index contributed by atoms with van der Waals surface area (Å²) in [6.07, 6.45) is 3.97. The number of nitrogens with one attached hydrogen (secondary N) is 1. The molecule has 2 rings (SSSR count). The Morgan fingerprint density at radius 2 is 2.31 bits per heavy atom. The lowest BCUT2D eigenvalue weighted by Gasteiger charge is -2.33. The molecule has 2 fully saturated rings. The summed E-state index contributed by atoms with van der Waals surface area (Å²) in [4.78, 5) is 2.61. The lowest BCUT2D eigenvalue weighted by molar-refractivity contribution is 0.160. The molecule has 2 saturated heterocycles. The number of rotatable bonds is 4. The third-order valence-corrected chi connectivity index (χ3v) is 3.72. The highest BCUT2D eigenvalue weighted by Crippen LogP contribution is 2.15. The first kappa shape index (κ1) is 12.3. The van der Waals surface area contributed by atoms with Crippen molar-refractivity contribution in [3.05, 3.63) is 0 Å². The quantitative estimate of drug-likeness (QED) is 0.786. The maximum atomic E-state index is 5.39. The van der Waals surface area contributed by atoms with Gasteiger partial charge in [-0.1, -0.05) is 6.92 Å². The van der Waals surface area contributed by atoms with Crippen molar-refractivity contribution in [2.75, 3.05) is 32.8 Å². The van der Waals surface area contributed by atoms with Gasteiger partial charge in [-0.25, -0.2) is 0 Å². The molecule has 2 aliphatic heterocycles. The van der Waals surface area contributed by atoms with Crippen molar-refractivity contribution in [3.63, 3.8) is 0 Å². The van der Waals surface area contributed by atoms with Crippen molar-refractivity contribution in [1.82, 2.24) is 10.2 Å². The van der Waals surface area contributed by atoms with Crippen LogP contribution in [0, 0.1) is 5.92 Å². The fraction of sp³-hybridized carbons (Fsp3) is 1.00. The van der Waals surface area contributed by atoms with Gasteiger partial charge in [0, 0.05) is 31.8 Å². The monoisotopic (exact) mass is 226 g/mol. The molecule has 16 heavy (non-hydrogen) atoms. The Labute approximate surface area is 99.5 Å². The standard InChI is InChI=1S/C13H26N2O/c1-11-4-3-6-15(8-11)9-12(2)14-13-5-7-16-10-13/h11-14H,3-10H2,1-2H3. The summed E-state index contributed by atoms with van der Waals surface area (Å²) in [5.74, 6) is 0.885. The van der Waals surface area contributed by atoms with Gasteiger partial charge >= 0.3 is 0 Å². The minimum atomic E-state index is 0.594. The molecule has 0 aromatic heterocycles. The number of hydrogen-bond donors (Lipinski definition) is 1.